The molecule has 0 aliphatic rings. The summed E-state index contributed by atoms with van der Waals surface area (Å²) in [6, 6.07) is 30.0. The van der Waals surface area contributed by atoms with Gasteiger partial charge in [-0.2, -0.15) is 0 Å². The molecule has 0 aliphatic carbocycles. The van der Waals surface area contributed by atoms with Crippen molar-refractivity contribution in [2.45, 2.75) is 13.8 Å². The smallest absolute Gasteiger partial charge is 0.0405 e. The highest BCUT2D eigenvalue weighted by Crippen LogP contribution is 2.03. The second-order valence-electron chi connectivity index (χ2n) is 4.60. The van der Waals surface area contributed by atoms with Gasteiger partial charge in [-0.15, -0.1) is 0 Å². The number of rotatable bonds is 0. The standard InChI is InChI=1S/2C7H8.C6H5Cl/c2*1-7-5-3-2-4-6-7;7-6-4-2-1-3-5-6/h2*2-6H,1H3;1-5H. The molecule has 0 fully saturated rings. The Hall–Kier alpha value is -2.05. The van der Waals surface area contributed by atoms with Crippen molar-refractivity contribution in [3.05, 3.63) is 107 Å². The van der Waals surface area contributed by atoms with Gasteiger partial charge >= 0.3 is 0 Å². The molecule has 0 heterocycles. The molecule has 0 aromatic heterocycles. The fourth-order valence-corrected chi connectivity index (χ4v) is 1.63. The van der Waals surface area contributed by atoms with E-state index in [0.29, 0.717) is 0 Å². The molecule has 3 rings (SSSR count). The average molecular weight is 297 g/mol. The Kier molecular flexibility index (Phi) is 8.67. The Balaban J connectivity index is 0.000000157. The van der Waals surface area contributed by atoms with E-state index >= 15 is 0 Å². The lowest BCUT2D eigenvalue weighted by atomic mass is 10.2. The first kappa shape index (κ1) is 17.0. The highest BCUT2D eigenvalue weighted by molar-refractivity contribution is 6.30. The second kappa shape index (κ2) is 10.7. The Labute approximate surface area is 133 Å². The largest absolute Gasteiger partial charge is 0.0843 e. The number of benzene rings is 3. The van der Waals surface area contributed by atoms with Gasteiger partial charge < -0.3 is 0 Å². The van der Waals surface area contributed by atoms with Crippen LogP contribution in [0.15, 0.2) is 91.0 Å². The van der Waals surface area contributed by atoms with Crippen LogP contribution in [0.2, 0.25) is 5.02 Å². The lowest BCUT2D eigenvalue weighted by molar-refractivity contribution is 1.48. The van der Waals surface area contributed by atoms with Gasteiger partial charge in [0.2, 0.25) is 0 Å². The maximum absolute atomic E-state index is 5.54. The second-order valence-corrected chi connectivity index (χ2v) is 5.04. The third-order valence-corrected chi connectivity index (χ3v) is 2.87. The van der Waals surface area contributed by atoms with E-state index in [4.69, 9.17) is 11.6 Å². The summed E-state index contributed by atoms with van der Waals surface area (Å²) < 4.78 is 0. The van der Waals surface area contributed by atoms with Crippen molar-refractivity contribution in [3.8, 4) is 0 Å². The van der Waals surface area contributed by atoms with Gasteiger partial charge in [-0.25, -0.2) is 0 Å². The van der Waals surface area contributed by atoms with Crippen molar-refractivity contribution in [3.63, 3.8) is 0 Å². The molecule has 108 valence electrons. The third kappa shape index (κ3) is 9.48. The van der Waals surface area contributed by atoms with E-state index in [-0.39, 0.29) is 0 Å². The highest BCUT2D eigenvalue weighted by Gasteiger charge is 1.75. The van der Waals surface area contributed by atoms with E-state index < -0.39 is 0 Å². The summed E-state index contributed by atoms with van der Waals surface area (Å²) in [5.74, 6) is 0. The fourth-order valence-electron chi connectivity index (χ4n) is 1.48. The quantitative estimate of drug-likeness (QED) is 0.455. The van der Waals surface area contributed by atoms with Crippen LogP contribution in [0.25, 0.3) is 0 Å². The maximum Gasteiger partial charge on any atom is 0.0405 e. The van der Waals surface area contributed by atoms with Crippen LogP contribution in [-0.4, -0.2) is 0 Å². The SMILES string of the molecule is Cc1ccccc1.Cc1ccccc1.Clc1ccccc1. The number of hydrogen-bond donors (Lipinski definition) is 0. The van der Waals surface area contributed by atoms with Gasteiger partial charge in [0, 0.05) is 5.02 Å². The minimum Gasteiger partial charge on any atom is -0.0843 e. The van der Waals surface area contributed by atoms with Gasteiger partial charge in [0.05, 0.1) is 0 Å². The Morgan fingerprint density at radius 2 is 0.762 bits per heavy atom. The van der Waals surface area contributed by atoms with Gasteiger partial charge in [-0.05, 0) is 26.0 Å². The molecule has 0 N–H and O–H groups in total. The average Bonchev–Trinajstić information content (AvgIpc) is 2.51. The van der Waals surface area contributed by atoms with Crippen molar-refractivity contribution in [1.29, 1.82) is 0 Å². The first-order chi connectivity index (χ1) is 10.2. The Morgan fingerprint density at radius 1 is 0.476 bits per heavy atom. The summed E-state index contributed by atoms with van der Waals surface area (Å²) in [4.78, 5) is 0. The van der Waals surface area contributed by atoms with Gasteiger partial charge in [0.1, 0.15) is 0 Å². The monoisotopic (exact) mass is 296 g/mol. The van der Waals surface area contributed by atoms with Crippen LogP contribution < -0.4 is 0 Å². The normalized spacial score (nSPS) is 8.71. The van der Waals surface area contributed by atoms with E-state index in [1.54, 1.807) is 0 Å². The van der Waals surface area contributed by atoms with Crippen LogP contribution in [0.4, 0.5) is 0 Å². The molecule has 0 bridgehead atoms. The van der Waals surface area contributed by atoms with Crippen LogP contribution in [-0.2, 0) is 0 Å². The van der Waals surface area contributed by atoms with Crippen molar-refractivity contribution < 1.29 is 0 Å². The topological polar surface area (TPSA) is 0 Å². The van der Waals surface area contributed by atoms with Crippen LogP contribution in [0.1, 0.15) is 11.1 Å². The minimum absolute atomic E-state index is 0.794. The maximum atomic E-state index is 5.54. The van der Waals surface area contributed by atoms with E-state index in [0.717, 1.165) is 5.02 Å². The van der Waals surface area contributed by atoms with E-state index in [9.17, 15) is 0 Å². The predicted octanol–water partition coefficient (Wildman–Crippen LogP) is 6.33. The molecule has 3 aromatic rings. The fraction of sp³-hybridized carbons (Fsp3) is 0.100. The van der Waals surface area contributed by atoms with Crippen molar-refractivity contribution >= 4 is 11.6 Å². The molecular weight excluding hydrogens is 276 g/mol. The molecule has 0 saturated heterocycles. The zero-order chi connectivity index (χ0) is 15.3. The summed E-state index contributed by atoms with van der Waals surface area (Å²) >= 11 is 5.54. The predicted molar refractivity (Wildman–Crippen MR) is 93.8 cm³/mol. The molecule has 0 nitrogen and oxygen atoms in total. The number of hydrogen-bond acceptors (Lipinski definition) is 0. The lowest BCUT2D eigenvalue weighted by Crippen LogP contribution is -1.62. The van der Waals surface area contributed by atoms with Gasteiger partial charge in [0.15, 0.2) is 0 Å². The summed E-state index contributed by atoms with van der Waals surface area (Å²) in [5.41, 5.74) is 2.64. The molecule has 0 saturated carbocycles. The molecule has 0 spiro atoms. The zero-order valence-corrected chi connectivity index (χ0v) is 13.3. The molecular formula is C20H21Cl. The van der Waals surface area contributed by atoms with E-state index in [2.05, 4.69) is 38.1 Å². The molecule has 0 radical (unpaired) electrons. The summed E-state index contributed by atoms with van der Waals surface area (Å²) in [7, 11) is 0. The van der Waals surface area contributed by atoms with Crippen molar-refractivity contribution in [2.24, 2.45) is 0 Å². The van der Waals surface area contributed by atoms with E-state index in [1.165, 1.54) is 11.1 Å². The summed E-state index contributed by atoms with van der Waals surface area (Å²) in [6.07, 6.45) is 0. The number of halogens is 1. The number of aryl methyl sites for hydroxylation is 2. The Bertz CT molecular complexity index is 485. The first-order valence-electron chi connectivity index (χ1n) is 6.92. The third-order valence-electron chi connectivity index (χ3n) is 2.61. The first-order valence-corrected chi connectivity index (χ1v) is 7.30. The highest BCUT2D eigenvalue weighted by atomic mass is 35.5. The molecule has 3 aromatic carbocycles. The van der Waals surface area contributed by atoms with Crippen LogP contribution in [0.3, 0.4) is 0 Å². The molecule has 1 heteroatoms. The molecule has 0 amide bonds. The van der Waals surface area contributed by atoms with E-state index in [1.807, 2.05) is 66.7 Å². The van der Waals surface area contributed by atoms with Crippen molar-refractivity contribution in [2.75, 3.05) is 0 Å². The molecule has 0 unspecified atom stereocenters. The van der Waals surface area contributed by atoms with Crippen molar-refractivity contribution in [1.82, 2.24) is 0 Å². The summed E-state index contributed by atoms with van der Waals surface area (Å²) in [6.45, 7) is 4.17. The minimum atomic E-state index is 0.794. The van der Waals surface area contributed by atoms with Gasteiger partial charge in [-0.3, -0.25) is 0 Å². The summed E-state index contributed by atoms with van der Waals surface area (Å²) in [5, 5.41) is 0.794. The molecule has 0 atom stereocenters. The lowest BCUT2D eigenvalue weighted by Gasteiger charge is -1.82. The molecule has 21 heavy (non-hydrogen) atoms. The van der Waals surface area contributed by atoms with Crippen LogP contribution in [0.5, 0.6) is 0 Å². The molecule has 0 aliphatic heterocycles. The zero-order valence-electron chi connectivity index (χ0n) is 12.5. The van der Waals surface area contributed by atoms with Gasteiger partial charge in [0.25, 0.3) is 0 Å². The van der Waals surface area contributed by atoms with Gasteiger partial charge in [-0.1, -0.05) is 102 Å². The Morgan fingerprint density at radius 3 is 0.905 bits per heavy atom. The van der Waals surface area contributed by atoms with Crippen LogP contribution >= 0.6 is 11.6 Å². The van der Waals surface area contributed by atoms with Crippen LogP contribution in [0, 0.1) is 13.8 Å².